The van der Waals surface area contributed by atoms with Gasteiger partial charge in [-0.2, -0.15) is 0 Å². The van der Waals surface area contributed by atoms with E-state index in [0.29, 0.717) is 0 Å². The van der Waals surface area contributed by atoms with Gasteiger partial charge in [0.1, 0.15) is 0 Å². The van der Waals surface area contributed by atoms with Gasteiger partial charge in [-0.3, -0.25) is 0 Å². The van der Waals surface area contributed by atoms with Gasteiger partial charge in [0, 0.05) is 19.7 Å². The molecular weight excluding hydrogens is 918 g/mol. The summed E-state index contributed by atoms with van der Waals surface area (Å²) < 4.78 is 0. The molecule has 0 heterocycles. The number of hydrogen-bond acceptors (Lipinski definition) is 3. The average molecular weight is 989 g/mol. The molecule has 3 nitrogen and oxygen atoms in total. The SMILES string of the molecule is Br.Br.Br.C#N.C#N.C#N.Cc1ccc(C)c(C)c1.Cc1ccc(C)c(C)c1.Cc1ccc(C)cc1.Cc1ccc(C)cc1.Cc1ccc(C)cc1.Cc1ccc(C)cc1. The molecule has 6 aromatic carbocycles. The second kappa shape index (κ2) is 41.4. The molecule has 318 valence electrons. The summed E-state index contributed by atoms with van der Waals surface area (Å²) in [7, 11) is 0. The Kier molecular flexibility index (Phi) is 46.3. The summed E-state index contributed by atoms with van der Waals surface area (Å²) in [6.07, 6.45) is 0. The number of benzene rings is 6. The molecule has 0 aliphatic rings. The summed E-state index contributed by atoms with van der Waals surface area (Å²) in [4.78, 5) is 0. The van der Waals surface area contributed by atoms with Gasteiger partial charge >= 0.3 is 0 Å². The highest BCUT2D eigenvalue weighted by Crippen LogP contribution is 2.09. The minimum absolute atomic E-state index is 0. The minimum Gasteiger partial charge on any atom is -0.202 e. The maximum Gasteiger partial charge on any atom is 0.0462 e. The van der Waals surface area contributed by atoms with Crippen LogP contribution in [0.2, 0.25) is 0 Å². The lowest BCUT2D eigenvalue weighted by atomic mass is 10.1. The Morgan fingerprint density at radius 1 is 0.203 bits per heavy atom. The van der Waals surface area contributed by atoms with Crippen molar-refractivity contribution in [2.75, 3.05) is 0 Å². The van der Waals surface area contributed by atoms with E-state index in [-0.39, 0.29) is 50.9 Å². The zero-order valence-electron chi connectivity index (χ0n) is 38.0. The molecule has 0 saturated carbocycles. The van der Waals surface area contributed by atoms with Gasteiger partial charge in [0.25, 0.3) is 0 Å². The molecule has 0 N–H and O–H groups in total. The van der Waals surface area contributed by atoms with Crippen molar-refractivity contribution < 1.29 is 0 Å². The molecule has 0 spiro atoms. The lowest BCUT2D eigenvalue weighted by Crippen LogP contribution is -1.79. The molecule has 0 aromatic heterocycles. The van der Waals surface area contributed by atoms with Crippen molar-refractivity contribution in [3.63, 3.8) is 0 Å². The van der Waals surface area contributed by atoms with E-state index in [1.807, 2.05) is 0 Å². The summed E-state index contributed by atoms with van der Waals surface area (Å²) in [6.45, 7) is 40.1. The van der Waals surface area contributed by atoms with Crippen LogP contribution in [0, 0.1) is 132 Å². The summed E-state index contributed by atoms with van der Waals surface area (Å²) in [5.74, 6) is 0. The molecule has 0 amide bonds. The lowest BCUT2D eigenvalue weighted by molar-refractivity contribution is 1.30. The van der Waals surface area contributed by atoms with Crippen molar-refractivity contribution in [1.82, 2.24) is 0 Å². The Balaban J connectivity index is -0.000000138. The monoisotopic (exact) mass is 985 g/mol. The van der Waals surface area contributed by atoms with E-state index in [9.17, 15) is 0 Å². The first-order chi connectivity index (χ1) is 26.5. The second-order valence-electron chi connectivity index (χ2n) is 13.8. The second-order valence-corrected chi connectivity index (χ2v) is 13.8. The molecule has 0 aliphatic heterocycles. The van der Waals surface area contributed by atoms with Crippen LogP contribution in [-0.4, -0.2) is 0 Å². The molecule has 0 radical (unpaired) electrons. The number of halogens is 3. The zero-order valence-corrected chi connectivity index (χ0v) is 43.1. The number of nitrogens with zero attached hydrogens (tertiary/aromatic N) is 3. The van der Waals surface area contributed by atoms with E-state index in [1.54, 1.807) is 0 Å². The minimum atomic E-state index is 0. The zero-order chi connectivity index (χ0) is 43.6. The smallest absolute Gasteiger partial charge is 0.0462 e. The van der Waals surface area contributed by atoms with Crippen molar-refractivity contribution >= 4 is 50.9 Å². The van der Waals surface area contributed by atoms with Gasteiger partial charge < -0.3 is 0 Å². The Hall–Kier alpha value is -4.77. The highest BCUT2D eigenvalue weighted by molar-refractivity contribution is 8.93. The standard InChI is InChI=1S/2C9H12.4C8H10.3CHN.3BrH/c2*1-7-4-5-8(2)9(3)6-7;4*1-7-3-5-8(2)6-4-7;3*1-2;;;/h2*4-6H,1-3H3;4*3-6H,1-2H3;3*1H;3*1H. The number of aryl methyl sites for hydroxylation is 14. The van der Waals surface area contributed by atoms with Crippen LogP contribution in [0.4, 0.5) is 0 Å². The fourth-order valence-corrected chi connectivity index (χ4v) is 4.33. The maximum absolute atomic E-state index is 6.50. The normalized spacial score (nSPS) is 8.07. The highest BCUT2D eigenvalue weighted by atomic mass is 79.9. The van der Waals surface area contributed by atoms with E-state index < -0.39 is 0 Å². The van der Waals surface area contributed by atoms with Crippen molar-refractivity contribution in [1.29, 1.82) is 15.8 Å². The van der Waals surface area contributed by atoms with Crippen LogP contribution in [0.3, 0.4) is 0 Å². The molecule has 0 aliphatic carbocycles. The topological polar surface area (TPSA) is 71.4 Å². The van der Waals surface area contributed by atoms with Gasteiger partial charge in [-0.25, -0.2) is 15.8 Å². The van der Waals surface area contributed by atoms with E-state index in [4.69, 9.17) is 15.8 Å². The number of nitriles is 3. The summed E-state index contributed by atoms with van der Waals surface area (Å²) in [5, 5.41) is 19.5. The van der Waals surface area contributed by atoms with Gasteiger partial charge in [-0.1, -0.05) is 189 Å². The van der Waals surface area contributed by atoms with E-state index >= 15 is 0 Å². The maximum atomic E-state index is 6.50. The Morgan fingerprint density at radius 2 is 0.322 bits per heavy atom. The molecule has 0 fully saturated rings. The van der Waals surface area contributed by atoms with Gasteiger partial charge in [-0.05, 0) is 119 Å². The molecule has 0 saturated heterocycles. The lowest BCUT2D eigenvalue weighted by Gasteiger charge is -1.98. The molecular formula is C53H70Br3N3. The van der Waals surface area contributed by atoms with Crippen LogP contribution in [0.1, 0.15) is 77.9 Å². The molecule has 0 bridgehead atoms. The highest BCUT2D eigenvalue weighted by Gasteiger charge is 1.90. The Bertz CT molecular complexity index is 1620. The van der Waals surface area contributed by atoms with Crippen molar-refractivity contribution in [3.8, 4) is 19.7 Å². The molecule has 6 heteroatoms. The summed E-state index contributed by atoms with van der Waals surface area (Å²) in [5.41, 5.74) is 18.8. The average Bonchev–Trinajstić information content (AvgIpc) is 3.20. The van der Waals surface area contributed by atoms with E-state index in [1.165, 1.54) is 77.9 Å². The van der Waals surface area contributed by atoms with Gasteiger partial charge in [0.05, 0.1) is 0 Å². The van der Waals surface area contributed by atoms with Crippen molar-refractivity contribution in [2.24, 2.45) is 0 Å². The first kappa shape index (κ1) is 66.1. The molecule has 6 aromatic rings. The van der Waals surface area contributed by atoms with Crippen molar-refractivity contribution in [3.05, 3.63) is 211 Å². The third kappa shape index (κ3) is 37.3. The Morgan fingerprint density at radius 3 is 0.424 bits per heavy atom. The van der Waals surface area contributed by atoms with Crippen LogP contribution in [-0.2, 0) is 0 Å². The van der Waals surface area contributed by atoms with Crippen LogP contribution in [0.5, 0.6) is 0 Å². The first-order valence-corrected chi connectivity index (χ1v) is 18.5. The van der Waals surface area contributed by atoms with Crippen LogP contribution < -0.4 is 0 Å². The van der Waals surface area contributed by atoms with Gasteiger partial charge in [-0.15, -0.1) is 50.9 Å². The van der Waals surface area contributed by atoms with E-state index in [2.05, 4.69) is 250 Å². The molecule has 6 rings (SSSR count). The van der Waals surface area contributed by atoms with Gasteiger partial charge in [0.2, 0.25) is 0 Å². The fourth-order valence-electron chi connectivity index (χ4n) is 4.33. The predicted octanol–water partition coefficient (Wildman–Crippen LogP) is 16.6. The Labute approximate surface area is 392 Å². The van der Waals surface area contributed by atoms with Crippen molar-refractivity contribution in [2.45, 2.75) is 96.9 Å². The van der Waals surface area contributed by atoms with Crippen LogP contribution in [0.25, 0.3) is 0 Å². The third-order valence-corrected chi connectivity index (χ3v) is 8.20. The predicted molar refractivity (Wildman–Crippen MR) is 276 cm³/mol. The summed E-state index contributed by atoms with van der Waals surface area (Å²) >= 11 is 0. The number of rotatable bonds is 0. The molecule has 0 unspecified atom stereocenters. The first-order valence-electron chi connectivity index (χ1n) is 18.5. The molecule has 59 heavy (non-hydrogen) atoms. The summed E-state index contributed by atoms with van der Waals surface area (Å²) in [6, 6.07) is 46.9. The molecule has 0 atom stereocenters. The van der Waals surface area contributed by atoms with Crippen LogP contribution in [0.15, 0.2) is 133 Å². The van der Waals surface area contributed by atoms with E-state index in [0.717, 1.165) is 0 Å². The third-order valence-electron chi connectivity index (χ3n) is 8.20. The van der Waals surface area contributed by atoms with Crippen LogP contribution >= 0.6 is 50.9 Å². The largest absolute Gasteiger partial charge is 0.202 e. The van der Waals surface area contributed by atoms with Gasteiger partial charge in [0.15, 0.2) is 0 Å². The fraction of sp³-hybridized carbons (Fsp3) is 0.264. The quantitative estimate of drug-likeness (QED) is 0.152. The number of hydrogen-bond donors (Lipinski definition) is 0.